The van der Waals surface area contributed by atoms with Crippen LogP contribution in [-0.2, 0) is 14.4 Å². The van der Waals surface area contributed by atoms with E-state index in [-0.39, 0.29) is 24.8 Å². The molecule has 2 heterocycles. The molecule has 9 heteroatoms. The van der Waals surface area contributed by atoms with Crippen LogP contribution in [0.15, 0.2) is 24.3 Å². The highest BCUT2D eigenvalue weighted by Crippen LogP contribution is 2.34. The third-order valence-corrected chi connectivity index (χ3v) is 6.12. The first kappa shape index (κ1) is 20.2. The van der Waals surface area contributed by atoms with E-state index in [0.29, 0.717) is 30.8 Å². The summed E-state index contributed by atoms with van der Waals surface area (Å²) in [7, 11) is 1.54. The molecule has 2 aliphatic heterocycles. The summed E-state index contributed by atoms with van der Waals surface area (Å²) < 4.78 is 5.32. The van der Waals surface area contributed by atoms with E-state index in [1.54, 1.807) is 17.0 Å². The molecule has 0 bridgehead atoms. The molecule has 3 fully saturated rings. The van der Waals surface area contributed by atoms with E-state index in [4.69, 9.17) is 4.74 Å². The molecule has 0 radical (unpaired) electrons. The van der Waals surface area contributed by atoms with Crippen LogP contribution in [0, 0.1) is 0 Å². The van der Waals surface area contributed by atoms with Crippen LogP contribution in [0.1, 0.15) is 38.5 Å². The molecule has 0 aromatic heterocycles. The Bertz CT molecular complexity index is 880. The molecule has 1 spiro atoms. The molecule has 30 heavy (non-hydrogen) atoms. The summed E-state index contributed by atoms with van der Waals surface area (Å²) in [4.78, 5) is 52.7. The van der Waals surface area contributed by atoms with Crippen LogP contribution in [-0.4, -0.2) is 60.4 Å². The maximum atomic E-state index is 12.8. The number of hydrogen-bond donors (Lipinski definition) is 2. The maximum Gasteiger partial charge on any atom is 0.325 e. The minimum atomic E-state index is -0.848. The number of nitrogens with one attached hydrogen (secondary N) is 2. The van der Waals surface area contributed by atoms with Gasteiger partial charge in [-0.1, -0.05) is 31.4 Å². The van der Waals surface area contributed by atoms with Gasteiger partial charge in [-0.2, -0.15) is 0 Å². The van der Waals surface area contributed by atoms with Crippen LogP contribution < -0.4 is 20.3 Å². The quantitative estimate of drug-likeness (QED) is 0.704. The molecule has 2 saturated heterocycles. The number of imide groups is 1. The summed E-state index contributed by atoms with van der Waals surface area (Å²) in [5.74, 6) is -0.317. The zero-order valence-electron chi connectivity index (χ0n) is 17.0. The van der Waals surface area contributed by atoms with Crippen LogP contribution >= 0.6 is 0 Å². The highest BCUT2D eigenvalue weighted by Gasteiger charge is 2.51. The van der Waals surface area contributed by atoms with E-state index in [1.807, 2.05) is 12.1 Å². The number of benzene rings is 1. The zero-order chi connectivity index (χ0) is 21.3. The number of methoxy groups -OCH3 is 1. The Balaban J connectivity index is 1.37. The van der Waals surface area contributed by atoms with Crippen molar-refractivity contribution in [1.82, 2.24) is 15.5 Å². The van der Waals surface area contributed by atoms with Gasteiger partial charge in [-0.25, -0.2) is 4.79 Å². The molecular formula is C21H26N4O5. The Morgan fingerprint density at radius 2 is 1.93 bits per heavy atom. The second-order valence-corrected chi connectivity index (χ2v) is 8.11. The first-order valence-electron chi connectivity index (χ1n) is 10.3. The number of para-hydroxylation sites is 2. The van der Waals surface area contributed by atoms with Crippen LogP contribution in [0.2, 0.25) is 0 Å². The highest BCUT2D eigenvalue weighted by atomic mass is 16.5. The number of carbonyl (C=O) groups is 4. The summed E-state index contributed by atoms with van der Waals surface area (Å²) in [6.45, 7) is -0.0409. The Morgan fingerprint density at radius 3 is 2.67 bits per heavy atom. The topological polar surface area (TPSA) is 108 Å². The van der Waals surface area contributed by atoms with Crippen molar-refractivity contribution in [3.63, 3.8) is 0 Å². The molecule has 5 amide bonds. The number of anilines is 1. The van der Waals surface area contributed by atoms with E-state index in [2.05, 4.69) is 10.6 Å². The lowest BCUT2D eigenvalue weighted by Gasteiger charge is -2.30. The zero-order valence-corrected chi connectivity index (χ0v) is 17.0. The third kappa shape index (κ3) is 3.59. The molecule has 160 valence electrons. The molecule has 1 saturated carbocycles. The molecule has 9 nitrogen and oxygen atoms in total. The fourth-order valence-corrected chi connectivity index (χ4v) is 4.62. The average molecular weight is 414 g/mol. The Kier molecular flexibility index (Phi) is 5.36. The largest absolute Gasteiger partial charge is 0.495 e. The first-order valence-corrected chi connectivity index (χ1v) is 10.3. The first-order chi connectivity index (χ1) is 14.4. The Hall–Kier alpha value is -3.10. The van der Waals surface area contributed by atoms with E-state index in [9.17, 15) is 19.2 Å². The molecule has 1 aromatic carbocycles. The molecule has 4 rings (SSSR count). The van der Waals surface area contributed by atoms with E-state index < -0.39 is 23.5 Å². The maximum absolute atomic E-state index is 12.8. The van der Waals surface area contributed by atoms with E-state index in [0.717, 1.165) is 24.2 Å². The van der Waals surface area contributed by atoms with Gasteiger partial charge >= 0.3 is 6.03 Å². The van der Waals surface area contributed by atoms with Gasteiger partial charge in [0.05, 0.1) is 18.8 Å². The SMILES string of the molecule is COc1ccccc1N1CC(NC(=O)CN2C(=O)NC3(CCCCC3)C2=O)CC1=O. The lowest BCUT2D eigenvalue weighted by molar-refractivity contribution is -0.136. The van der Waals surface area contributed by atoms with Crippen molar-refractivity contribution in [2.75, 3.05) is 25.1 Å². The number of nitrogens with zero attached hydrogens (tertiary/aromatic N) is 2. The molecule has 2 N–H and O–H groups in total. The van der Waals surface area contributed by atoms with Crippen molar-refractivity contribution in [2.24, 2.45) is 0 Å². The van der Waals surface area contributed by atoms with Crippen molar-refractivity contribution in [1.29, 1.82) is 0 Å². The number of ether oxygens (including phenoxy) is 1. The summed E-state index contributed by atoms with van der Waals surface area (Å²) in [5, 5.41) is 5.59. The third-order valence-electron chi connectivity index (χ3n) is 6.12. The van der Waals surface area contributed by atoms with Crippen LogP contribution in [0.5, 0.6) is 5.75 Å². The van der Waals surface area contributed by atoms with Gasteiger partial charge in [0.2, 0.25) is 11.8 Å². The monoisotopic (exact) mass is 414 g/mol. The molecule has 1 unspecified atom stereocenters. The van der Waals surface area contributed by atoms with Gasteiger partial charge in [0, 0.05) is 13.0 Å². The fraction of sp³-hybridized carbons (Fsp3) is 0.524. The van der Waals surface area contributed by atoms with Crippen LogP contribution in [0.4, 0.5) is 10.5 Å². The minimum Gasteiger partial charge on any atom is -0.495 e. The number of urea groups is 1. The van der Waals surface area contributed by atoms with Crippen molar-refractivity contribution < 1.29 is 23.9 Å². The normalized spacial score (nSPS) is 23.1. The van der Waals surface area contributed by atoms with Crippen molar-refractivity contribution in [2.45, 2.75) is 50.1 Å². The van der Waals surface area contributed by atoms with E-state index in [1.165, 1.54) is 7.11 Å². The van der Waals surface area contributed by atoms with Crippen molar-refractivity contribution in [3.8, 4) is 5.75 Å². The number of hydrogen-bond acceptors (Lipinski definition) is 5. The summed E-state index contributed by atoms with van der Waals surface area (Å²) in [6, 6.07) is 6.27. The van der Waals surface area contributed by atoms with Gasteiger partial charge in [0.25, 0.3) is 5.91 Å². The van der Waals surface area contributed by atoms with Crippen LogP contribution in [0.3, 0.4) is 0 Å². The average Bonchev–Trinajstić information content (AvgIpc) is 3.20. The molecule has 1 aliphatic carbocycles. The standard InChI is InChI=1S/C21H26N4O5/c1-30-16-8-4-3-7-15(16)24-12-14(11-18(24)27)22-17(26)13-25-19(28)21(23-20(25)29)9-5-2-6-10-21/h3-4,7-8,14H,2,5-6,9-13H2,1H3,(H,22,26)(H,23,29). The van der Waals surface area contributed by atoms with Crippen molar-refractivity contribution in [3.05, 3.63) is 24.3 Å². The predicted octanol–water partition coefficient (Wildman–Crippen LogP) is 1.17. The molecular weight excluding hydrogens is 388 g/mol. The lowest BCUT2D eigenvalue weighted by atomic mass is 9.82. The van der Waals surface area contributed by atoms with Gasteiger partial charge < -0.3 is 20.3 Å². The fourth-order valence-electron chi connectivity index (χ4n) is 4.62. The van der Waals surface area contributed by atoms with Gasteiger partial charge in [-0.15, -0.1) is 0 Å². The second kappa shape index (κ2) is 7.97. The smallest absolute Gasteiger partial charge is 0.325 e. The van der Waals surface area contributed by atoms with Gasteiger partial charge in [-0.05, 0) is 25.0 Å². The number of amides is 5. The molecule has 1 aromatic rings. The lowest BCUT2D eigenvalue weighted by Crippen LogP contribution is -2.49. The number of carbonyl (C=O) groups excluding carboxylic acids is 4. The van der Waals surface area contributed by atoms with Crippen molar-refractivity contribution >= 4 is 29.4 Å². The summed E-state index contributed by atoms with van der Waals surface area (Å²) >= 11 is 0. The van der Waals surface area contributed by atoms with Gasteiger partial charge in [-0.3, -0.25) is 19.3 Å². The Morgan fingerprint density at radius 1 is 1.20 bits per heavy atom. The second-order valence-electron chi connectivity index (χ2n) is 8.11. The summed E-state index contributed by atoms with van der Waals surface area (Å²) in [6.07, 6.45) is 4.18. The highest BCUT2D eigenvalue weighted by molar-refractivity contribution is 6.09. The minimum absolute atomic E-state index is 0.124. The summed E-state index contributed by atoms with van der Waals surface area (Å²) in [5.41, 5.74) is -0.199. The number of rotatable bonds is 5. The molecule has 3 aliphatic rings. The van der Waals surface area contributed by atoms with Gasteiger partial charge in [0.1, 0.15) is 17.8 Å². The predicted molar refractivity (Wildman–Crippen MR) is 108 cm³/mol. The Labute approximate surface area is 174 Å². The van der Waals surface area contributed by atoms with Crippen LogP contribution in [0.25, 0.3) is 0 Å². The van der Waals surface area contributed by atoms with Gasteiger partial charge in [0.15, 0.2) is 0 Å². The molecule has 1 atom stereocenters. The van der Waals surface area contributed by atoms with E-state index >= 15 is 0 Å².